The topological polar surface area (TPSA) is 58.6 Å². The molecular weight excluding hydrogens is 340 g/mol. The minimum absolute atomic E-state index is 0.369. The minimum atomic E-state index is -0.369. The Morgan fingerprint density at radius 3 is 2.41 bits per heavy atom. The van der Waals surface area contributed by atoms with Crippen molar-refractivity contribution in [1.82, 2.24) is 14.9 Å². The van der Waals surface area contributed by atoms with Crippen molar-refractivity contribution in [3.63, 3.8) is 0 Å². The largest absolute Gasteiger partial charge is 0.465 e. The zero-order valence-corrected chi connectivity index (χ0v) is 15.6. The van der Waals surface area contributed by atoms with Gasteiger partial charge in [-0.15, -0.1) is 0 Å². The molecule has 1 fully saturated rings. The predicted octanol–water partition coefficient (Wildman–Crippen LogP) is 2.84. The second-order valence-corrected chi connectivity index (χ2v) is 6.75. The molecule has 0 aliphatic carbocycles. The third-order valence-corrected chi connectivity index (χ3v) is 4.92. The van der Waals surface area contributed by atoms with E-state index in [9.17, 15) is 4.79 Å². The molecule has 27 heavy (non-hydrogen) atoms. The average Bonchev–Trinajstić information content (AvgIpc) is 2.73. The molecule has 0 amide bonds. The van der Waals surface area contributed by atoms with E-state index >= 15 is 0 Å². The molecule has 0 radical (unpaired) electrons. The van der Waals surface area contributed by atoms with E-state index in [0.29, 0.717) is 11.1 Å². The van der Waals surface area contributed by atoms with Crippen LogP contribution in [0, 0.1) is 0 Å². The lowest BCUT2D eigenvalue weighted by molar-refractivity contribution is 0.0601. The number of benzene rings is 2. The molecule has 138 valence electrons. The van der Waals surface area contributed by atoms with Crippen LogP contribution >= 0.6 is 0 Å². The van der Waals surface area contributed by atoms with Crippen molar-refractivity contribution in [2.24, 2.45) is 0 Å². The number of hydrogen-bond acceptors (Lipinski definition) is 6. The van der Waals surface area contributed by atoms with E-state index in [-0.39, 0.29) is 5.97 Å². The summed E-state index contributed by atoms with van der Waals surface area (Å²) in [6.07, 6.45) is 0. The van der Waals surface area contributed by atoms with Crippen LogP contribution in [0.5, 0.6) is 0 Å². The van der Waals surface area contributed by atoms with Crippen molar-refractivity contribution < 1.29 is 9.53 Å². The summed E-state index contributed by atoms with van der Waals surface area (Å²) in [6, 6.07) is 15.4. The lowest BCUT2D eigenvalue weighted by Crippen LogP contribution is -2.45. The fourth-order valence-electron chi connectivity index (χ4n) is 3.32. The van der Waals surface area contributed by atoms with Crippen molar-refractivity contribution in [2.45, 2.75) is 0 Å². The van der Waals surface area contributed by atoms with E-state index in [4.69, 9.17) is 14.7 Å². The maximum atomic E-state index is 11.9. The Bertz CT molecular complexity index is 967. The number of carbonyl (C=O) groups is 1. The van der Waals surface area contributed by atoms with Gasteiger partial charge in [0, 0.05) is 31.7 Å². The van der Waals surface area contributed by atoms with Crippen molar-refractivity contribution in [2.75, 3.05) is 45.2 Å². The van der Waals surface area contributed by atoms with E-state index in [0.717, 1.165) is 48.8 Å². The van der Waals surface area contributed by atoms with Crippen molar-refractivity contribution >= 4 is 22.8 Å². The minimum Gasteiger partial charge on any atom is -0.465 e. The Balaban J connectivity index is 1.86. The van der Waals surface area contributed by atoms with Gasteiger partial charge in [0.05, 0.1) is 23.7 Å². The second-order valence-electron chi connectivity index (χ2n) is 6.75. The summed E-state index contributed by atoms with van der Waals surface area (Å²) in [6.45, 7) is 3.76. The molecule has 0 bridgehead atoms. The Morgan fingerprint density at radius 2 is 1.70 bits per heavy atom. The van der Waals surface area contributed by atoms with Crippen LogP contribution in [0.25, 0.3) is 22.3 Å². The van der Waals surface area contributed by atoms with Crippen LogP contribution < -0.4 is 4.90 Å². The van der Waals surface area contributed by atoms with E-state index < -0.39 is 0 Å². The third kappa shape index (κ3) is 3.48. The maximum Gasteiger partial charge on any atom is 0.337 e. The van der Waals surface area contributed by atoms with Crippen LogP contribution in [-0.2, 0) is 4.74 Å². The quantitative estimate of drug-likeness (QED) is 0.668. The fourth-order valence-corrected chi connectivity index (χ4v) is 3.32. The number of hydrogen-bond donors (Lipinski definition) is 0. The van der Waals surface area contributed by atoms with Gasteiger partial charge in [-0.1, -0.05) is 30.3 Å². The van der Waals surface area contributed by atoms with Gasteiger partial charge in [0.1, 0.15) is 5.69 Å². The molecule has 0 spiro atoms. The van der Waals surface area contributed by atoms with Gasteiger partial charge < -0.3 is 14.5 Å². The number of ether oxygens (including phenoxy) is 1. The first kappa shape index (κ1) is 17.4. The molecule has 4 rings (SSSR count). The van der Waals surface area contributed by atoms with Gasteiger partial charge in [-0.25, -0.2) is 14.8 Å². The monoisotopic (exact) mass is 362 g/mol. The molecular formula is C21H22N4O2. The van der Waals surface area contributed by atoms with Crippen LogP contribution in [0.15, 0.2) is 48.5 Å². The van der Waals surface area contributed by atoms with Crippen LogP contribution in [-0.4, -0.2) is 61.2 Å². The molecule has 3 aromatic rings. The molecule has 0 saturated carbocycles. The highest BCUT2D eigenvalue weighted by molar-refractivity contribution is 5.94. The average molecular weight is 362 g/mol. The molecule has 0 atom stereocenters. The maximum absolute atomic E-state index is 11.9. The number of anilines is 1. The number of likely N-dealkylation sites (N-methyl/N-ethyl adjacent to an activating group) is 1. The summed E-state index contributed by atoms with van der Waals surface area (Å²) in [5.41, 5.74) is 3.86. The molecule has 2 aromatic carbocycles. The number of methoxy groups -OCH3 is 1. The normalized spacial score (nSPS) is 15.1. The molecule has 1 aromatic heterocycles. The summed E-state index contributed by atoms with van der Waals surface area (Å²) in [5.74, 6) is 0.496. The van der Waals surface area contributed by atoms with E-state index in [2.05, 4.69) is 29.0 Å². The van der Waals surface area contributed by atoms with Crippen molar-refractivity contribution in [3.05, 3.63) is 54.1 Å². The number of nitrogens with zero attached hydrogens (tertiary/aromatic N) is 4. The lowest BCUT2D eigenvalue weighted by Gasteiger charge is -2.34. The molecule has 6 nitrogen and oxygen atoms in total. The molecule has 1 aliphatic rings. The summed E-state index contributed by atoms with van der Waals surface area (Å²) in [5, 5.41) is 0. The van der Waals surface area contributed by atoms with Gasteiger partial charge in [0.2, 0.25) is 0 Å². The van der Waals surface area contributed by atoms with Crippen molar-refractivity contribution in [1.29, 1.82) is 0 Å². The highest BCUT2D eigenvalue weighted by Gasteiger charge is 2.21. The molecule has 2 heterocycles. The summed E-state index contributed by atoms with van der Waals surface area (Å²) >= 11 is 0. The van der Waals surface area contributed by atoms with Gasteiger partial charge in [-0.2, -0.15) is 0 Å². The number of fused-ring (bicyclic) bond motifs is 1. The van der Waals surface area contributed by atoms with Gasteiger partial charge in [-0.05, 0) is 25.2 Å². The number of rotatable bonds is 3. The molecule has 6 heteroatoms. The first-order chi connectivity index (χ1) is 13.2. The second kappa shape index (κ2) is 7.32. The number of aromatic nitrogens is 2. The third-order valence-electron chi connectivity index (χ3n) is 4.92. The van der Waals surface area contributed by atoms with Gasteiger partial charge in [0.15, 0.2) is 5.82 Å². The van der Waals surface area contributed by atoms with Gasteiger partial charge in [0.25, 0.3) is 0 Å². The summed E-state index contributed by atoms with van der Waals surface area (Å²) < 4.78 is 4.83. The SMILES string of the molecule is COC(=O)c1ccc2nc(-c3ccccc3)c(N3CCN(C)CC3)nc2c1. The predicted molar refractivity (Wildman–Crippen MR) is 106 cm³/mol. The van der Waals surface area contributed by atoms with Crippen LogP contribution in [0.1, 0.15) is 10.4 Å². The van der Waals surface area contributed by atoms with Crippen molar-refractivity contribution in [3.8, 4) is 11.3 Å². The van der Waals surface area contributed by atoms with E-state index in [1.54, 1.807) is 12.1 Å². The highest BCUT2D eigenvalue weighted by atomic mass is 16.5. The smallest absolute Gasteiger partial charge is 0.337 e. The number of piperazine rings is 1. The first-order valence-corrected chi connectivity index (χ1v) is 9.05. The van der Waals surface area contributed by atoms with E-state index in [1.807, 2.05) is 24.3 Å². The summed E-state index contributed by atoms with van der Waals surface area (Å²) in [7, 11) is 3.51. The first-order valence-electron chi connectivity index (χ1n) is 9.05. The highest BCUT2D eigenvalue weighted by Crippen LogP contribution is 2.30. The zero-order chi connectivity index (χ0) is 18.8. The fraction of sp³-hybridized carbons (Fsp3) is 0.286. The summed E-state index contributed by atoms with van der Waals surface area (Å²) in [4.78, 5) is 26.3. The lowest BCUT2D eigenvalue weighted by atomic mass is 10.1. The molecule has 0 unspecified atom stereocenters. The Morgan fingerprint density at radius 1 is 0.963 bits per heavy atom. The number of esters is 1. The molecule has 1 saturated heterocycles. The standard InChI is InChI=1S/C21H22N4O2/c1-24-10-12-25(13-11-24)20-19(15-6-4-3-5-7-15)22-17-9-8-16(21(26)27-2)14-18(17)23-20/h3-9,14H,10-13H2,1-2H3. The Hall–Kier alpha value is -2.99. The van der Waals surface area contributed by atoms with Crippen LogP contribution in [0.4, 0.5) is 5.82 Å². The van der Waals surface area contributed by atoms with Gasteiger partial charge >= 0.3 is 5.97 Å². The molecule has 1 aliphatic heterocycles. The van der Waals surface area contributed by atoms with Gasteiger partial charge in [-0.3, -0.25) is 0 Å². The Kier molecular flexibility index (Phi) is 4.73. The zero-order valence-electron chi connectivity index (χ0n) is 15.6. The van der Waals surface area contributed by atoms with Crippen LogP contribution in [0.2, 0.25) is 0 Å². The molecule has 0 N–H and O–H groups in total. The number of carbonyl (C=O) groups excluding carboxylic acids is 1. The van der Waals surface area contributed by atoms with E-state index in [1.165, 1.54) is 7.11 Å². The Labute approximate surface area is 158 Å². The van der Waals surface area contributed by atoms with Crippen LogP contribution in [0.3, 0.4) is 0 Å².